The van der Waals surface area contributed by atoms with E-state index in [1.807, 2.05) is 37.4 Å². The number of amides is 1. The Bertz CT molecular complexity index is 1130. The highest BCUT2D eigenvalue weighted by atomic mass is 32.1. The van der Waals surface area contributed by atoms with Crippen molar-refractivity contribution < 1.29 is 9.53 Å². The SMILES string of the molecule is Cc1ccc(Cc2cnc(NC(=O)c3ccc(Oc4ccc(C)cc4)cc3)s2)cc1. The minimum Gasteiger partial charge on any atom is -0.457 e. The van der Waals surface area contributed by atoms with Crippen molar-refractivity contribution in [3.05, 3.63) is 106 Å². The Hall–Kier alpha value is -3.44. The lowest BCUT2D eigenvalue weighted by Crippen LogP contribution is -2.11. The predicted molar refractivity (Wildman–Crippen MR) is 122 cm³/mol. The molecule has 0 aliphatic carbocycles. The summed E-state index contributed by atoms with van der Waals surface area (Å²) < 4.78 is 5.81. The molecule has 5 heteroatoms. The van der Waals surface area contributed by atoms with Crippen LogP contribution in [0.4, 0.5) is 5.13 Å². The first-order valence-corrected chi connectivity index (χ1v) is 10.5. The van der Waals surface area contributed by atoms with E-state index in [1.54, 1.807) is 24.3 Å². The number of hydrogen-bond acceptors (Lipinski definition) is 4. The Kier molecular flexibility index (Phi) is 5.91. The Morgan fingerprint density at radius 1 is 0.867 bits per heavy atom. The quantitative estimate of drug-likeness (QED) is 0.397. The molecule has 1 amide bonds. The maximum absolute atomic E-state index is 12.5. The molecule has 0 bridgehead atoms. The summed E-state index contributed by atoms with van der Waals surface area (Å²) >= 11 is 1.49. The molecule has 4 rings (SSSR count). The highest BCUT2D eigenvalue weighted by Crippen LogP contribution is 2.24. The largest absolute Gasteiger partial charge is 0.457 e. The lowest BCUT2D eigenvalue weighted by Gasteiger charge is -2.07. The minimum absolute atomic E-state index is 0.187. The van der Waals surface area contributed by atoms with Crippen LogP contribution >= 0.6 is 11.3 Å². The zero-order valence-corrected chi connectivity index (χ0v) is 17.7. The van der Waals surface area contributed by atoms with E-state index in [0.29, 0.717) is 16.4 Å². The summed E-state index contributed by atoms with van der Waals surface area (Å²) in [7, 11) is 0. The van der Waals surface area contributed by atoms with Gasteiger partial charge in [-0.15, -0.1) is 11.3 Å². The fraction of sp³-hybridized carbons (Fsp3) is 0.120. The van der Waals surface area contributed by atoms with E-state index in [2.05, 4.69) is 41.5 Å². The average Bonchev–Trinajstić information content (AvgIpc) is 3.18. The van der Waals surface area contributed by atoms with Crippen LogP contribution < -0.4 is 10.1 Å². The maximum atomic E-state index is 12.5. The second kappa shape index (κ2) is 8.93. The van der Waals surface area contributed by atoms with Crippen LogP contribution in [0.1, 0.15) is 31.9 Å². The number of benzene rings is 3. The number of anilines is 1. The van der Waals surface area contributed by atoms with Gasteiger partial charge in [0.1, 0.15) is 11.5 Å². The van der Waals surface area contributed by atoms with E-state index in [0.717, 1.165) is 17.0 Å². The van der Waals surface area contributed by atoms with Crippen molar-refractivity contribution in [2.45, 2.75) is 20.3 Å². The normalized spacial score (nSPS) is 10.6. The summed E-state index contributed by atoms with van der Waals surface area (Å²) in [4.78, 5) is 18.0. The molecule has 4 nitrogen and oxygen atoms in total. The molecule has 4 aromatic rings. The third-order valence-electron chi connectivity index (χ3n) is 4.65. The predicted octanol–water partition coefficient (Wildman–Crippen LogP) is 6.40. The zero-order chi connectivity index (χ0) is 20.9. The monoisotopic (exact) mass is 414 g/mol. The van der Waals surface area contributed by atoms with Gasteiger partial charge in [0, 0.05) is 23.1 Å². The summed E-state index contributed by atoms with van der Waals surface area (Å²) in [6.07, 6.45) is 2.62. The molecule has 0 unspecified atom stereocenters. The van der Waals surface area contributed by atoms with Gasteiger partial charge in [-0.3, -0.25) is 10.1 Å². The number of ether oxygens (including phenoxy) is 1. The van der Waals surface area contributed by atoms with E-state index >= 15 is 0 Å². The first-order chi connectivity index (χ1) is 14.5. The second-order valence-electron chi connectivity index (χ2n) is 7.19. The van der Waals surface area contributed by atoms with E-state index in [9.17, 15) is 4.79 Å². The molecule has 1 heterocycles. The first-order valence-electron chi connectivity index (χ1n) is 9.71. The van der Waals surface area contributed by atoms with Gasteiger partial charge in [0.05, 0.1) is 0 Å². The van der Waals surface area contributed by atoms with E-state index in [4.69, 9.17) is 4.74 Å². The summed E-state index contributed by atoms with van der Waals surface area (Å²) in [5.41, 5.74) is 4.21. The summed E-state index contributed by atoms with van der Waals surface area (Å²) in [6, 6.07) is 23.4. The molecule has 0 fully saturated rings. The van der Waals surface area contributed by atoms with Crippen molar-refractivity contribution in [3.8, 4) is 11.5 Å². The molecule has 1 N–H and O–H groups in total. The Morgan fingerprint density at radius 2 is 1.43 bits per heavy atom. The van der Waals surface area contributed by atoms with Crippen LogP contribution in [0, 0.1) is 13.8 Å². The zero-order valence-electron chi connectivity index (χ0n) is 16.9. The van der Waals surface area contributed by atoms with Crippen LogP contribution in [0.3, 0.4) is 0 Å². The average molecular weight is 415 g/mol. The number of thiazole rings is 1. The van der Waals surface area contributed by atoms with Crippen molar-refractivity contribution in [1.29, 1.82) is 0 Å². The van der Waals surface area contributed by atoms with Crippen LogP contribution in [0.5, 0.6) is 11.5 Å². The fourth-order valence-corrected chi connectivity index (χ4v) is 3.78. The molecule has 1 aromatic heterocycles. The molecular weight excluding hydrogens is 392 g/mol. The third-order valence-corrected chi connectivity index (χ3v) is 5.56. The molecule has 0 radical (unpaired) electrons. The topological polar surface area (TPSA) is 51.2 Å². The number of rotatable bonds is 6. The number of aromatic nitrogens is 1. The fourth-order valence-electron chi connectivity index (χ4n) is 2.94. The van der Waals surface area contributed by atoms with Gasteiger partial charge in [-0.2, -0.15) is 0 Å². The van der Waals surface area contributed by atoms with E-state index in [1.165, 1.54) is 28.0 Å². The van der Waals surface area contributed by atoms with Crippen molar-refractivity contribution >= 4 is 22.4 Å². The van der Waals surface area contributed by atoms with Crippen molar-refractivity contribution in [3.63, 3.8) is 0 Å². The standard InChI is InChI=1S/C25H22N2O2S/c1-17-3-7-19(8-4-17)15-23-16-26-25(30-23)27-24(28)20-9-13-22(14-10-20)29-21-11-5-18(2)6-12-21/h3-14,16H,15H2,1-2H3,(H,26,27,28). The van der Waals surface area contributed by atoms with Gasteiger partial charge in [0.25, 0.3) is 5.91 Å². The van der Waals surface area contributed by atoms with Gasteiger partial charge in [-0.05, 0) is 55.8 Å². The summed E-state index contributed by atoms with van der Waals surface area (Å²) in [6.45, 7) is 4.11. The summed E-state index contributed by atoms with van der Waals surface area (Å²) in [5.74, 6) is 1.26. The van der Waals surface area contributed by atoms with Crippen LogP contribution in [0.15, 0.2) is 79.0 Å². The Labute approximate surface area is 180 Å². The number of carbonyl (C=O) groups is 1. The minimum atomic E-state index is -0.187. The number of nitrogens with one attached hydrogen (secondary N) is 1. The summed E-state index contributed by atoms with van der Waals surface area (Å²) in [5, 5.41) is 3.48. The van der Waals surface area contributed by atoms with Crippen LogP contribution in [0.2, 0.25) is 0 Å². The molecule has 0 saturated heterocycles. The molecule has 0 spiro atoms. The lowest BCUT2D eigenvalue weighted by molar-refractivity contribution is 0.102. The van der Waals surface area contributed by atoms with Crippen LogP contribution in [0.25, 0.3) is 0 Å². The molecule has 0 atom stereocenters. The third kappa shape index (κ3) is 5.13. The highest BCUT2D eigenvalue weighted by Gasteiger charge is 2.10. The molecular formula is C25H22N2O2S. The molecule has 30 heavy (non-hydrogen) atoms. The Morgan fingerprint density at radius 3 is 2.07 bits per heavy atom. The van der Waals surface area contributed by atoms with Crippen molar-refractivity contribution in [1.82, 2.24) is 4.98 Å². The maximum Gasteiger partial charge on any atom is 0.257 e. The smallest absolute Gasteiger partial charge is 0.257 e. The molecule has 3 aromatic carbocycles. The Balaban J connectivity index is 1.36. The number of nitrogens with zero attached hydrogens (tertiary/aromatic N) is 1. The molecule has 0 saturated carbocycles. The van der Waals surface area contributed by atoms with Gasteiger partial charge in [0.2, 0.25) is 0 Å². The molecule has 150 valence electrons. The van der Waals surface area contributed by atoms with E-state index in [-0.39, 0.29) is 5.91 Å². The first kappa shape index (κ1) is 19.9. The van der Waals surface area contributed by atoms with Gasteiger partial charge in [-0.25, -0.2) is 4.98 Å². The van der Waals surface area contributed by atoms with Crippen molar-refractivity contribution in [2.24, 2.45) is 0 Å². The second-order valence-corrected chi connectivity index (χ2v) is 8.30. The number of hydrogen-bond donors (Lipinski definition) is 1. The van der Waals surface area contributed by atoms with Crippen molar-refractivity contribution in [2.75, 3.05) is 5.32 Å². The molecule has 0 aliphatic rings. The molecule has 0 aliphatic heterocycles. The van der Waals surface area contributed by atoms with Gasteiger partial charge in [0.15, 0.2) is 5.13 Å². The number of carbonyl (C=O) groups excluding carboxylic acids is 1. The van der Waals surface area contributed by atoms with Gasteiger partial charge >= 0.3 is 0 Å². The van der Waals surface area contributed by atoms with Gasteiger partial charge < -0.3 is 4.74 Å². The highest BCUT2D eigenvalue weighted by molar-refractivity contribution is 7.15. The van der Waals surface area contributed by atoms with Gasteiger partial charge in [-0.1, -0.05) is 47.5 Å². The van der Waals surface area contributed by atoms with E-state index < -0.39 is 0 Å². The van der Waals surface area contributed by atoms with Crippen LogP contribution in [-0.4, -0.2) is 10.9 Å². The van der Waals surface area contributed by atoms with Crippen LogP contribution in [-0.2, 0) is 6.42 Å². The number of aryl methyl sites for hydroxylation is 2. The lowest BCUT2D eigenvalue weighted by atomic mass is 10.1.